The molecule has 4 nitrogen and oxygen atoms in total. The highest BCUT2D eigenvalue weighted by molar-refractivity contribution is 5.13. The molecule has 96 valence electrons. The zero-order valence-corrected chi connectivity index (χ0v) is 11.4. The second-order valence-electron chi connectivity index (χ2n) is 4.54. The van der Waals surface area contributed by atoms with Crippen molar-refractivity contribution in [1.29, 1.82) is 0 Å². The van der Waals surface area contributed by atoms with Gasteiger partial charge in [-0.05, 0) is 27.3 Å². The Kier molecular flexibility index (Phi) is 5.35. The molecule has 0 spiro atoms. The van der Waals surface area contributed by atoms with E-state index in [1.54, 1.807) is 6.20 Å². The highest BCUT2D eigenvalue weighted by Crippen LogP contribution is 2.20. The number of aromatic nitrogens is 2. The van der Waals surface area contributed by atoms with Crippen molar-refractivity contribution >= 4 is 0 Å². The van der Waals surface area contributed by atoms with Crippen LogP contribution in [0.25, 0.3) is 0 Å². The molecule has 1 heterocycles. The largest absolute Gasteiger partial charge is 0.474 e. The minimum atomic E-state index is 0.126. The first-order valence-electron chi connectivity index (χ1n) is 6.24. The molecule has 2 unspecified atom stereocenters. The van der Waals surface area contributed by atoms with Gasteiger partial charge in [0.1, 0.15) is 0 Å². The standard InChI is InChI=1S/C13H23N3O/c1-6-11(14-5)10(4)12-7-15-8-13(16-12)17-9(2)3/h7-11,14H,6H2,1-5H3. The van der Waals surface area contributed by atoms with Crippen LogP contribution < -0.4 is 10.1 Å². The predicted molar refractivity (Wildman–Crippen MR) is 69.3 cm³/mol. The van der Waals surface area contributed by atoms with Gasteiger partial charge in [-0.25, -0.2) is 4.98 Å². The van der Waals surface area contributed by atoms with E-state index in [0.29, 0.717) is 17.8 Å². The minimum absolute atomic E-state index is 0.126. The summed E-state index contributed by atoms with van der Waals surface area (Å²) < 4.78 is 5.56. The summed E-state index contributed by atoms with van der Waals surface area (Å²) in [7, 11) is 1.98. The van der Waals surface area contributed by atoms with Gasteiger partial charge in [0.25, 0.3) is 0 Å². The molecule has 1 N–H and O–H groups in total. The van der Waals surface area contributed by atoms with Crippen molar-refractivity contribution in [3.05, 3.63) is 18.1 Å². The Morgan fingerprint density at radius 1 is 1.29 bits per heavy atom. The lowest BCUT2D eigenvalue weighted by atomic mass is 9.97. The second-order valence-corrected chi connectivity index (χ2v) is 4.54. The molecule has 0 aliphatic rings. The monoisotopic (exact) mass is 237 g/mol. The van der Waals surface area contributed by atoms with Crippen LogP contribution in [0.5, 0.6) is 5.88 Å². The smallest absolute Gasteiger partial charge is 0.232 e. The average molecular weight is 237 g/mol. The molecule has 0 aliphatic carbocycles. The highest BCUT2D eigenvalue weighted by atomic mass is 16.5. The topological polar surface area (TPSA) is 47.0 Å². The Balaban J connectivity index is 2.83. The molecule has 1 aromatic heterocycles. The fourth-order valence-corrected chi connectivity index (χ4v) is 1.89. The molecule has 2 atom stereocenters. The van der Waals surface area contributed by atoms with Crippen LogP contribution in [0.4, 0.5) is 0 Å². The molecule has 0 bridgehead atoms. The van der Waals surface area contributed by atoms with Crippen molar-refractivity contribution in [3.63, 3.8) is 0 Å². The molecule has 17 heavy (non-hydrogen) atoms. The maximum absolute atomic E-state index is 5.56. The number of likely N-dealkylation sites (N-methyl/N-ethyl adjacent to an activating group) is 1. The van der Waals surface area contributed by atoms with E-state index in [0.717, 1.165) is 12.1 Å². The fourth-order valence-electron chi connectivity index (χ4n) is 1.89. The number of nitrogens with one attached hydrogen (secondary N) is 1. The molecular weight excluding hydrogens is 214 g/mol. The molecular formula is C13H23N3O. The molecule has 0 saturated heterocycles. The van der Waals surface area contributed by atoms with Gasteiger partial charge in [-0.3, -0.25) is 4.98 Å². The predicted octanol–water partition coefficient (Wildman–Crippen LogP) is 2.37. The van der Waals surface area contributed by atoms with Gasteiger partial charge in [-0.15, -0.1) is 0 Å². The Bertz CT molecular complexity index is 337. The molecule has 1 aromatic rings. The molecule has 0 radical (unpaired) electrons. The molecule has 0 fully saturated rings. The summed E-state index contributed by atoms with van der Waals surface area (Å²) in [5.41, 5.74) is 0.976. The zero-order chi connectivity index (χ0) is 12.8. The second kappa shape index (κ2) is 6.55. The summed E-state index contributed by atoms with van der Waals surface area (Å²) in [6, 6.07) is 0.415. The van der Waals surface area contributed by atoms with Crippen LogP contribution in [-0.4, -0.2) is 29.2 Å². The Morgan fingerprint density at radius 3 is 2.53 bits per heavy atom. The Hall–Kier alpha value is -1.16. The van der Waals surface area contributed by atoms with Crippen LogP contribution in [0.2, 0.25) is 0 Å². The van der Waals surface area contributed by atoms with Crippen LogP contribution in [0.3, 0.4) is 0 Å². The van der Waals surface area contributed by atoms with E-state index in [-0.39, 0.29) is 6.10 Å². The Labute approximate surface area is 104 Å². The molecule has 0 amide bonds. The van der Waals surface area contributed by atoms with Gasteiger partial charge >= 0.3 is 0 Å². The van der Waals surface area contributed by atoms with Crippen molar-refractivity contribution in [2.24, 2.45) is 0 Å². The summed E-state index contributed by atoms with van der Waals surface area (Å²) in [6.07, 6.45) is 4.67. The van der Waals surface area contributed by atoms with Gasteiger partial charge in [-0.2, -0.15) is 0 Å². The SMILES string of the molecule is CCC(NC)C(C)c1cncc(OC(C)C)n1. The molecule has 1 rings (SSSR count). The maximum Gasteiger partial charge on any atom is 0.232 e. The van der Waals surface area contributed by atoms with Crippen LogP contribution in [0.1, 0.15) is 45.7 Å². The summed E-state index contributed by atoms with van der Waals surface area (Å²) in [5.74, 6) is 0.934. The molecule has 0 saturated carbocycles. The van der Waals surface area contributed by atoms with Crippen molar-refractivity contribution < 1.29 is 4.74 Å². The van der Waals surface area contributed by atoms with Gasteiger partial charge in [0.05, 0.1) is 18.0 Å². The van der Waals surface area contributed by atoms with Crippen LogP contribution in [-0.2, 0) is 0 Å². The minimum Gasteiger partial charge on any atom is -0.474 e. The number of hydrogen-bond acceptors (Lipinski definition) is 4. The van der Waals surface area contributed by atoms with Crippen molar-refractivity contribution in [2.45, 2.75) is 52.2 Å². The van der Waals surface area contributed by atoms with Gasteiger partial charge in [0.2, 0.25) is 5.88 Å². The summed E-state index contributed by atoms with van der Waals surface area (Å²) in [5, 5.41) is 3.30. The van der Waals surface area contributed by atoms with E-state index < -0.39 is 0 Å². The van der Waals surface area contributed by atoms with Gasteiger partial charge in [-0.1, -0.05) is 13.8 Å². The summed E-state index contributed by atoms with van der Waals surface area (Å²) in [6.45, 7) is 8.30. The summed E-state index contributed by atoms with van der Waals surface area (Å²) in [4.78, 5) is 8.70. The van der Waals surface area contributed by atoms with Crippen LogP contribution in [0.15, 0.2) is 12.4 Å². The van der Waals surface area contributed by atoms with E-state index in [9.17, 15) is 0 Å². The Morgan fingerprint density at radius 2 is 2.00 bits per heavy atom. The van der Waals surface area contributed by atoms with E-state index in [2.05, 4.69) is 29.1 Å². The third-order valence-electron chi connectivity index (χ3n) is 2.87. The third-order valence-corrected chi connectivity index (χ3v) is 2.87. The van der Waals surface area contributed by atoms with Gasteiger partial charge in [0.15, 0.2) is 0 Å². The number of hydrogen-bond donors (Lipinski definition) is 1. The van der Waals surface area contributed by atoms with E-state index >= 15 is 0 Å². The lowest BCUT2D eigenvalue weighted by molar-refractivity contribution is 0.230. The van der Waals surface area contributed by atoms with E-state index in [4.69, 9.17) is 4.74 Å². The lowest BCUT2D eigenvalue weighted by Crippen LogP contribution is -2.30. The molecule has 0 aromatic carbocycles. The number of rotatable bonds is 6. The number of ether oxygens (including phenoxy) is 1. The average Bonchev–Trinajstić information content (AvgIpc) is 2.30. The van der Waals surface area contributed by atoms with E-state index in [1.807, 2.05) is 27.1 Å². The van der Waals surface area contributed by atoms with Crippen LogP contribution in [0, 0.1) is 0 Å². The summed E-state index contributed by atoms with van der Waals surface area (Å²) >= 11 is 0. The quantitative estimate of drug-likeness (QED) is 0.825. The maximum atomic E-state index is 5.56. The zero-order valence-electron chi connectivity index (χ0n) is 11.4. The van der Waals surface area contributed by atoms with Gasteiger partial charge in [0, 0.05) is 18.2 Å². The van der Waals surface area contributed by atoms with Gasteiger partial charge < -0.3 is 10.1 Å². The molecule has 0 aliphatic heterocycles. The first kappa shape index (κ1) is 13.9. The molecule has 4 heteroatoms. The highest BCUT2D eigenvalue weighted by Gasteiger charge is 2.17. The van der Waals surface area contributed by atoms with Crippen molar-refractivity contribution in [2.75, 3.05) is 7.05 Å². The van der Waals surface area contributed by atoms with E-state index in [1.165, 1.54) is 0 Å². The normalized spacial score (nSPS) is 14.7. The fraction of sp³-hybridized carbons (Fsp3) is 0.692. The first-order valence-corrected chi connectivity index (χ1v) is 6.24. The first-order chi connectivity index (χ1) is 8.08. The van der Waals surface area contributed by atoms with Crippen LogP contribution >= 0.6 is 0 Å². The lowest BCUT2D eigenvalue weighted by Gasteiger charge is -2.21. The third kappa shape index (κ3) is 3.97. The van der Waals surface area contributed by atoms with Crippen molar-refractivity contribution in [3.8, 4) is 5.88 Å². The van der Waals surface area contributed by atoms with Crippen molar-refractivity contribution in [1.82, 2.24) is 15.3 Å². The number of nitrogens with zero attached hydrogens (tertiary/aromatic N) is 2.